The number of benzene rings is 1. The number of carbonyl (C=O) groups is 1. The summed E-state index contributed by atoms with van der Waals surface area (Å²) >= 11 is 0. The highest BCUT2D eigenvalue weighted by atomic mass is 32.2. The number of aliphatic hydroxyl groups is 1. The summed E-state index contributed by atoms with van der Waals surface area (Å²) in [5.74, 6) is 4.86. The highest BCUT2D eigenvalue weighted by molar-refractivity contribution is 7.90. The molecule has 4 aliphatic carbocycles. The minimum Gasteiger partial charge on any atom is -0.393 e. The van der Waals surface area contributed by atoms with Crippen molar-refractivity contribution < 1.29 is 18.3 Å². The number of aliphatic hydroxyl groups excluding tert-OH is 1. The summed E-state index contributed by atoms with van der Waals surface area (Å²) in [6.45, 7) is 16.7. The Morgan fingerprint density at radius 2 is 1.64 bits per heavy atom. The Balaban J connectivity index is 1.20. The van der Waals surface area contributed by atoms with E-state index in [-0.39, 0.29) is 16.4 Å². The number of rotatable bonds is 7. The fourth-order valence-corrected chi connectivity index (χ4v) is 12.0. The van der Waals surface area contributed by atoms with E-state index in [1.807, 2.05) is 12.1 Å². The van der Waals surface area contributed by atoms with Gasteiger partial charge >= 0.3 is 6.03 Å². The number of nitrogens with zero attached hydrogens (tertiary/aromatic N) is 1. The van der Waals surface area contributed by atoms with Crippen molar-refractivity contribution in [2.75, 3.05) is 13.6 Å². The van der Waals surface area contributed by atoms with Gasteiger partial charge in [0.25, 0.3) is 10.0 Å². The van der Waals surface area contributed by atoms with Gasteiger partial charge in [0.1, 0.15) is 0 Å². The lowest BCUT2D eigenvalue weighted by atomic mass is 9.42. The van der Waals surface area contributed by atoms with Crippen LogP contribution in [0, 0.1) is 52.3 Å². The molecule has 0 bridgehead atoms. The van der Waals surface area contributed by atoms with Gasteiger partial charge in [-0.05, 0) is 133 Å². The maximum Gasteiger partial charge on any atom is 0.331 e. The van der Waals surface area contributed by atoms with E-state index in [4.69, 9.17) is 0 Å². The quantitative estimate of drug-likeness (QED) is 0.320. The smallest absolute Gasteiger partial charge is 0.331 e. The van der Waals surface area contributed by atoms with Crippen LogP contribution in [0.4, 0.5) is 4.79 Å². The molecule has 6 nitrogen and oxygen atoms in total. The number of carbonyl (C=O) groups excluding carboxylic acids is 1. The monoisotopic (exact) mass is 628 g/mol. The molecule has 0 heterocycles. The van der Waals surface area contributed by atoms with Gasteiger partial charge in [0.05, 0.1) is 11.0 Å². The third kappa shape index (κ3) is 6.10. The minimum atomic E-state index is -3.94. The molecule has 0 spiro atoms. The molecule has 1 aromatic carbocycles. The Morgan fingerprint density at radius 3 is 2.27 bits per heavy atom. The van der Waals surface area contributed by atoms with Crippen LogP contribution in [0.25, 0.3) is 0 Å². The lowest BCUT2D eigenvalue weighted by Gasteiger charge is -2.63. The van der Waals surface area contributed by atoms with Crippen molar-refractivity contribution in [3.63, 3.8) is 0 Å². The van der Waals surface area contributed by atoms with Crippen molar-refractivity contribution in [3.05, 3.63) is 29.8 Å². The zero-order valence-corrected chi connectivity index (χ0v) is 29.6. The average Bonchev–Trinajstić information content (AvgIpc) is 3.32. The molecule has 4 saturated carbocycles. The average molecular weight is 629 g/mol. The van der Waals surface area contributed by atoms with Gasteiger partial charge in [-0.2, -0.15) is 0 Å². The Morgan fingerprint density at radius 1 is 1.00 bits per heavy atom. The SMILES string of the molecule is CC[C@H]1C[C@@H]2[C@H](CC[C@]3(C)[C@@H]([C@H](C)CCN(C)C(=O)NS(=O)(=O)c4ccc(C(C)(C)C)cc4)CC[C@@H]23)[C@@]2(C)CC[C@@H](O)C[C@@H]12. The van der Waals surface area contributed by atoms with E-state index in [9.17, 15) is 18.3 Å². The molecule has 0 aliphatic heterocycles. The van der Waals surface area contributed by atoms with Crippen LogP contribution in [0.2, 0.25) is 0 Å². The van der Waals surface area contributed by atoms with Crippen LogP contribution in [-0.4, -0.2) is 44.2 Å². The molecule has 0 unspecified atom stereocenters. The molecule has 0 aromatic heterocycles. The molecular weight excluding hydrogens is 568 g/mol. The summed E-state index contributed by atoms with van der Waals surface area (Å²) in [6, 6.07) is 6.23. The number of sulfonamides is 1. The van der Waals surface area contributed by atoms with Gasteiger partial charge in [-0.1, -0.05) is 67.0 Å². The van der Waals surface area contributed by atoms with Crippen LogP contribution >= 0.6 is 0 Å². The maximum atomic E-state index is 13.0. The molecule has 248 valence electrons. The van der Waals surface area contributed by atoms with Crippen LogP contribution < -0.4 is 4.72 Å². The molecule has 1 aromatic rings. The molecule has 0 saturated heterocycles. The first kappa shape index (κ1) is 33.8. The summed E-state index contributed by atoms with van der Waals surface area (Å²) in [7, 11) is -2.23. The third-order valence-electron chi connectivity index (χ3n) is 13.6. The molecule has 4 fully saturated rings. The molecule has 2 N–H and O–H groups in total. The van der Waals surface area contributed by atoms with Gasteiger partial charge in [0.15, 0.2) is 0 Å². The van der Waals surface area contributed by atoms with Crippen LogP contribution in [0.1, 0.15) is 118 Å². The maximum absolute atomic E-state index is 13.0. The highest BCUT2D eigenvalue weighted by Gasteiger charge is 2.62. The second-order valence-corrected chi connectivity index (χ2v) is 18.6. The number of hydrogen-bond acceptors (Lipinski definition) is 4. The van der Waals surface area contributed by atoms with Crippen LogP contribution in [0.15, 0.2) is 29.2 Å². The fraction of sp³-hybridized carbons (Fsp3) is 0.811. The molecule has 7 heteroatoms. The fourth-order valence-electron chi connectivity index (χ4n) is 11.0. The molecule has 0 radical (unpaired) electrons. The first-order chi connectivity index (χ1) is 20.5. The van der Waals surface area contributed by atoms with Gasteiger partial charge < -0.3 is 10.0 Å². The molecular formula is C37H60N2O4S. The second-order valence-electron chi connectivity index (χ2n) is 16.9. The van der Waals surface area contributed by atoms with Crippen molar-refractivity contribution in [1.82, 2.24) is 9.62 Å². The predicted octanol–water partition coefficient (Wildman–Crippen LogP) is 8.00. The summed E-state index contributed by atoms with van der Waals surface area (Å²) in [5, 5.41) is 10.6. The van der Waals surface area contributed by atoms with Crippen molar-refractivity contribution in [2.45, 2.75) is 129 Å². The summed E-state index contributed by atoms with van der Waals surface area (Å²) in [6.07, 6.45) is 11.7. The lowest BCUT2D eigenvalue weighted by molar-refractivity contribution is -0.152. The van der Waals surface area contributed by atoms with E-state index >= 15 is 0 Å². The second kappa shape index (κ2) is 12.2. The third-order valence-corrected chi connectivity index (χ3v) is 15.0. The van der Waals surface area contributed by atoms with E-state index in [0.29, 0.717) is 35.1 Å². The number of fused-ring (bicyclic) bond motifs is 5. The summed E-state index contributed by atoms with van der Waals surface area (Å²) < 4.78 is 28.2. The van der Waals surface area contributed by atoms with E-state index in [1.54, 1.807) is 19.2 Å². The molecule has 2 amide bonds. The Labute approximate surface area is 268 Å². The first-order valence-electron chi connectivity index (χ1n) is 17.6. The van der Waals surface area contributed by atoms with E-state index in [2.05, 4.69) is 53.2 Å². The topological polar surface area (TPSA) is 86.7 Å². The van der Waals surface area contributed by atoms with Gasteiger partial charge in [-0.25, -0.2) is 17.9 Å². The van der Waals surface area contributed by atoms with Crippen molar-refractivity contribution >= 4 is 16.1 Å². The van der Waals surface area contributed by atoms with Crippen LogP contribution in [0.5, 0.6) is 0 Å². The number of amides is 2. The van der Waals surface area contributed by atoms with Gasteiger partial charge in [0, 0.05) is 13.6 Å². The molecule has 4 aliphatic rings. The van der Waals surface area contributed by atoms with E-state index in [1.165, 1.54) is 49.8 Å². The van der Waals surface area contributed by atoms with Gasteiger partial charge in [-0.3, -0.25) is 0 Å². The Hall–Kier alpha value is -1.60. The zero-order valence-electron chi connectivity index (χ0n) is 28.7. The lowest BCUT2D eigenvalue weighted by Crippen LogP contribution is -2.56. The molecule has 44 heavy (non-hydrogen) atoms. The largest absolute Gasteiger partial charge is 0.393 e. The van der Waals surface area contributed by atoms with Crippen molar-refractivity contribution in [1.29, 1.82) is 0 Å². The van der Waals surface area contributed by atoms with E-state index < -0.39 is 16.1 Å². The van der Waals surface area contributed by atoms with Crippen molar-refractivity contribution in [3.8, 4) is 0 Å². The van der Waals surface area contributed by atoms with Crippen LogP contribution in [0.3, 0.4) is 0 Å². The normalized spacial score (nSPS) is 37.8. The summed E-state index contributed by atoms with van der Waals surface area (Å²) in [5.41, 5.74) is 1.68. The Kier molecular flexibility index (Phi) is 9.36. The number of nitrogens with one attached hydrogen (secondary N) is 1. The highest BCUT2D eigenvalue weighted by Crippen LogP contribution is 2.69. The Bertz CT molecular complexity index is 1290. The van der Waals surface area contributed by atoms with Crippen molar-refractivity contribution in [2.24, 2.45) is 52.3 Å². The van der Waals surface area contributed by atoms with E-state index in [0.717, 1.165) is 48.5 Å². The molecule has 5 rings (SSSR count). The van der Waals surface area contributed by atoms with Crippen LogP contribution in [-0.2, 0) is 15.4 Å². The minimum absolute atomic E-state index is 0.0758. The first-order valence-corrected chi connectivity index (χ1v) is 19.1. The standard InChI is InChI=1S/C37H60N2O4S/c1-9-25-22-29-31-15-14-30(36(31,6)20-17-32(29)37(7)19-16-27(40)23-33(25)37)24(2)18-21-39(8)34(41)38-44(42,43)28-12-10-26(11-13-28)35(3,4)5/h10-13,24-25,27,29-33,40H,9,14-23H2,1-8H3,(H,38,41)/t24-,25+,27-,29+,30-,31+,32+,33+,36-,37-/m1/s1. The molecule has 10 atom stereocenters. The number of urea groups is 1. The predicted molar refractivity (Wildman–Crippen MR) is 178 cm³/mol. The van der Waals surface area contributed by atoms with Gasteiger partial charge in [-0.15, -0.1) is 0 Å². The zero-order chi connectivity index (χ0) is 32.2. The summed E-state index contributed by atoms with van der Waals surface area (Å²) in [4.78, 5) is 14.6. The number of hydrogen-bond donors (Lipinski definition) is 2. The van der Waals surface area contributed by atoms with Gasteiger partial charge in [0.2, 0.25) is 0 Å².